The summed E-state index contributed by atoms with van der Waals surface area (Å²) >= 11 is 0. The van der Waals surface area contributed by atoms with E-state index in [0.717, 1.165) is 38.5 Å². The van der Waals surface area contributed by atoms with Crippen LogP contribution in [-0.2, 0) is 13.9 Å². The van der Waals surface area contributed by atoms with Gasteiger partial charge in [-0.2, -0.15) is 0 Å². The maximum atomic E-state index is 12.6. The Labute approximate surface area is 322 Å². The van der Waals surface area contributed by atoms with E-state index >= 15 is 0 Å². The molecule has 0 aliphatic heterocycles. The molecule has 0 aliphatic carbocycles. The van der Waals surface area contributed by atoms with Gasteiger partial charge in [-0.25, -0.2) is 4.57 Å². The van der Waals surface area contributed by atoms with Crippen LogP contribution < -0.4 is 5.32 Å². The lowest BCUT2D eigenvalue weighted by Crippen LogP contribution is -2.45. The van der Waals surface area contributed by atoms with Crippen LogP contribution in [0.4, 0.5) is 0 Å². The van der Waals surface area contributed by atoms with Crippen LogP contribution in [0.25, 0.3) is 0 Å². The van der Waals surface area contributed by atoms with Gasteiger partial charge in [-0.05, 0) is 19.3 Å². The predicted molar refractivity (Wildman–Crippen MR) is 223 cm³/mol. The highest BCUT2D eigenvalue weighted by atomic mass is 31.2. The van der Waals surface area contributed by atoms with Crippen molar-refractivity contribution in [3.63, 3.8) is 0 Å². The van der Waals surface area contributed by atoms with Crippen LogP contribution in [0, 0.1) is 0 Å². The van der Waals surface area contributed by atoms with Gasteiger partial charge in [-0.1, -0.05) is 231 Å². The summed E-state index contributed by atoms with van der Waals surface area (Å²) in [4.78, 5) is 30.8. The topological polar surface area (TPSA) is 116 Å². The fourth-order valence-corrected chi connectivity index (χ4v) is 7.40. The lowest BCUT2D eigenvalue weighted by atomic mass is 10.0. The third-order valence-corrected chi connectivity index (χ3v) is 11.0. The van der Waals surface area contributed by atoms with Crippen molar-refractivity contribution in [2.75, 3.05) is 6.61 Å². The standard InChI is InChI=1S/C44H88NO6P/c1-3-5-7-9-11-13-15-16-17-18-19-20-21-22-23-24-25-26-27-28-29-30-32-34-36-38-40-44(47)45-42(41-51-52(48,49)50)43(46)39-37-35-33-31-14-12-10-8-6-4-2/h37,39,42-43,46H,3-36,38,40-41H2,1-2H3,(H,45,47)(H2,48,49,50)/b39-37+/t42-,43+/m0/s1. The number of phosphoric acid groups is 1. The van der Waals surface area contributed by atoms with Gasteiger partial charge < -0.3 is 20.2 Å². The number of unbranched alkanes of at least 4 members (excludes halogenated alkanes) is 33. The number of allylic oxidation sites excluding steroid dienone is 1. The van der Waals surface area contributed by atoms with Crippen molar-refractivity contribution in [3.05, 3.63) is 12.2 Å². The molecule has 52 heavy (non-hydrogen) atoms. The molecule has 0 radical (unpaired) electrons. The Bertz CT molecular complexity index is 819. The monoisotopic (exact) mass is 758 g/mol. The maximum absolute atomic E-state index is 12.6. The van der Waals surface area contributed by atoms with E-state index in [2.05, 4.69) is 23.7 Å². The second kappa shape index (κ2) is 40.0. The van der Waals surface area contributed by atoms with E-state index in [1.807, 2.05) is 6.08 Å². The molecule has 310 valence electrons. The molecule has 1 amide bonds. The molecule has 8 heteroatoms. The smallest absolute Gasteiger partial charge is 0.387 e. The van der Waals surface area contributed by atoms with Gasteiger partial charge in [0, 0.05) is 6.42 Å². The SMILES string of the molecule is CCCCCCCCCC/C=C/[C@@H](O)[C@H](COP(=O)(O)O)NC(=O)CCCCCCCCCCCCCCCCCCCCCCCCCCCC. The fourth-order valence-electron chi connectivity index (χ4n) is 7.05. The van der Waals surface area contributed by atoms with Gasteiger partial charge in [-0.3, -0.25) is 9.32 Å². The summed E-state index contributed by atoms with van der Waals surface area (Å²) in [5.41, 5.74) is 0. The summed E-state index contributed by atoms with van der Waals surface area (Å²) < 4.78 is 15.9. The van der Waals surface area contributed by atoms with E-state index in [-0.39, 0.29) is 5.91 Å². The van der Waals surface area contributed by atoms with Crippen molar-refractivity contribution in [1.82, 2.24) is 5.32 Å². The molecular formula is C44H88NO6P. The minimum absolute atomic E-state index is 0.223. The van der Waals surface area contributed by atoms with Crippen LogP contribution in [0.5, 0.6) is 0 Å². The number of hydrogen-bond acceptors (Lipinski definition) is 4. The van der Waals surface area contributed by atoms with Crippen LogP contribution in [-0.4, -0.2) is 39.6 Å². The van der Waals surface area contributed by atoms with Gasteiger partial charge in [0.25, 0.3) is 0 Å². The molecule has 7 nitrogen and oxygen atoms in total. The van der Waals surface area contributed by atoms with E-state index in [1.54, 1.807) is 6.08 Å². The molecule has 0 aromatic heterocycles. The summed E-state index contributed by atoms with van der Waals surface area (Å²) in [6.45, 7) is 4.07. The Kier molecular flexibility index (Phi) is 39.4. The number of carbonyl (C=O) groups excluding carboxylic acids is 1. The molecule has 0 saturated carbocycles. The molecule has 0 fully saturated rings. The Morgan fingerprint density at radius 2 is 0.846 bits per heavy atom. The van der Waals surface area contributed by atoms with Gasteiger partial charge in [-0.15, -0.1) is 0 Å². The number of aliphatic hydroxyl groups excluding tert-OH is 1. The molecule has 0 aromatic rings. The first kappa shape index (κ1) is 51.3. The Balaban J connectivity index is 3.72. The summed E-state index contributed by atoms with van der Waals surface area (Å²) in [5, 5.41) is 13.3. The van der Waals surface area contributed by atoms with Gasteiger partial charge in [0.1, 0.15) is 0 Å². The van der Waals surface area contributed by atoms with E-state index in [1.165, 1.54) is 186 Å². The molecule has 0 bridgehead atoms. The van der Waals surface area contributed by atoms with E-state index in [0.29, 0.717) is 6.42 Å². The second-order valence-corrected chi connectivity index (χ2v) is 17.0. The van der Waals surface area contributed by atoms with Crippen molar-refractivity contribution in [1.29, 1.82) is 0 Å². The fraction of sp³-hybridized carbons (Fsp3) is 0.932. The highest BCUT2D eigenvalue weighted by Crippen LogP contribution is 2.35. The molecule has 0 spiro atoms. The first-order valence-corrected chi connectivity index (χ1v) is 24.2. The molecule has 0 rings (SSSR count). The van der Waals surface area contributed by atoms with E-state index in [9.17, 15) is 14.5 Å². The molecule has 2 atom stereocenters. The Morgan fingerprint density at radius 3 is 1.17 bits per heavy atom. The first-order chi connectivity index (χ1) is 25.3. The normalized spacial score (nSPS) is 13.2. The average Bonchev–Trinajstić information content (AvgIpc) is 3.11. The van der Waals surface area contributed by atoms with Crippen molar-refractivity contribution >= 4 is 13.7 Å². The molecule has 0 aromatic carbocycles. The quantitative estimate of drug-likeness (QED) is 0.0280. The third kappa shape index (κ3) is 40.5. The zero-order valence-electron chi connectivity index (χ0n) is 34.5. The number of phosphoric ester groups is 1. The Morgan fingerprint density at radius 1 is 0.538 bits per heavy atom. The Hall–Kier alpha value is -0.720. The van der Waals surface area contributed by atoms with Crippen molar-refractivity contribution < 1.29 is 28.8 Å². The van der Waals surface area contributed by atoms with Gasteiger partial charge in [0.2, 0.25) is 5.91 Å². The lowest BCUT2D eigenvalue weighted by molar-refractivity contribution is -0.123. The van der Waals surface area contributed by atoms with Crippen LogP contribution in [0.15, 0.2) is 12.2 Å². The molecular weight excluding hydrogens is 669 g/mol. The van der Waals surface area contributed by atoms with Crippen LogP contribution in [0.3, 0.4) is 0 Å². The highest BCUT2D eigenvalue weighted by Gasteiger charge is 2.24. The zero-order valence-corrected chi connectivity index (χ0v) is 35.4. The molecule has 0 aliphatic rings. The molecule has 0 unspecified atom stereocenters. The first-order valence-electron chi connectivity index (χ1n) is 22.6. The number of carbonyl (C=O) groups is 1. The van der Waals surface area contributed by atoms with Crippen LogP contribution in [0.1, 0.15) is 245 Å². The summed E-state index contributed by atoms with van der Waals surface area (Å²) in [5.74, 6) is -0.223. The number of amides is 1. The second-order valence-electron chi connectivity index (χ2n) is 15.7. The van der Waals surface area contributed by atoms with E-state index in [4.69, 9.17) is 9.79 Å². The largest absolute Gasteiger partial charge is 0.469 e. The number of hydrogen-bond donors (Lipinski definition) is 4. The maximum Gasteiger partial charge on any atom is 0.469 e. The summed E-state index contributed by atoms with van der Waals surface area (Å²) in [7, 11) is -4.71. The van der Waals surface area contributed by atoms with Crippen molar-refractivity contribution in [2.45, 2.75) is 257 Å². The van der Waals surface area contributed by atoms with Gasteiger partial charge in [0.05, 0.1) is 18.8 Å². The van der Waals surface area contributed by atoms with Gasteiger partial charge in [0.15, 0.2) is 0 Å². The molecule has 4 N–H and O–H groups in total. The summed E-state index contributed by atoms with van der Waals surface area (Å²) in [6.07, 6.45) is 48.3. The zero-order chi connectivity index (χ0) is 38.2. The van der Waals surface area contributed by atoms with E-state index < -0.39 is 26.6 Å². The average molecular weight is 758 g/mol. The minimum Gasteiger partial charge on any atom is -0.387 e. The van der Waals surface area contributed by atoms with Crippen LogP contribution in [0.2, 0.25) is 0 Å². The molecule has 0 saturated heterocycles. The third-order valence-electron chi connectivity index (χ3n) is 10.5. The highest BCUT2D eigenvalue weighted by molar-refractivity contribution is 7.46. The van der Waals surface area contributed by atoms with Crippen molar-refractivity contribution in [3.8, 4) is 0 Å². The van der Waals surface area contributed by atoms with Crippen molar-refractivity contribution in [2.24, 2.45) is 0 Å². The van der Waals surface area contributed by atoms with Crippen LogP contribution >= 0.6 is 7.82 Å². The number of nitrogens with one attached hydrogen (secondary N) is 1. The number of aliphatic hydroxyl groups is 1. The predicted octanol–water partition coefficient (Wildman–Crippen LogP) is 13.6. The molecule has 0 heterocycles. The lowest BCUT2D eigenvalue weighted by Gasteiger charge is -2.22. The number of rotatable bonds is 42. The van der Waals surface area contributed by atoms with Gasteiger partial charge >= 0.3 is 7.82 Å². The minimum atomic E-state index is -4.71. The summed E-state index contributed by atoms with van der Waals surface area (Å²) in [6, 6.07) is -0.904.